The lowest BCUT2D eigenvalue weighted by atomic mass is 10.2. The van der Waals surface area contributed by atoms with E-state index in [9.17, 15) is 9.59 Å². The van der Waals surface area contributed by atoms with Crippen LogP contribution in [0.15, 0.2) is 30.5 Å². The summed E-state index contributed by atoms with van der Waals surface area (Å²) >= 11 is 0. The van der Waals surface area contributed by atoms with Crippen LogP contribution in [0.25, 0.3) is 5.69 Å². The van der Waals surface area contributed by atoms with Crippen molar-refractivity contribution in [1.82, 2.24) is 19.9 Å². The summed E-state index contributed by atoms with van der Waals surface area (Å²) in [5.74, 6) is -1.22. The van der Waals surface area contributed by atoms with Gasteiger partial charge >= 0.3 is 5.97 Å². The summed E-state index contributed by atoms with van der Waals surface area (Å²) in [6.07, 6.45) is 0.960. The van der Waals surface area contributed by atoms with Crippen LogP contribution in [0.4, 0.5) is 0 Å². The molecule has 1 N–H and O–H groups in total. The summed E-state index contributed by atoms with van der Waals surface area (Å²) in [7, 11) is 0. The molecule has 8 heteroatoms. The zero-order valence-corrected chi connectivity index (χ0v) is 13.3. The Morgan fingerprint density at radius 2 is 2.08 bits per heavy atom. The highest BCUT2D eigenvalue weighted by atomic mass is 16.5. The first-order valence-corrected chi connectivity index (χ1v) is 7.65. The molecule has 1 aliphatic rings. The first-order chi connectivity index (χ1) is 11.5. The van der Waals surface area contributed by atoms with Crippen molar-refractivity contribution in [1.29, 1.82) is 0 Å². The topological polar surface area (TPSA) is 97.5 Å². The van der Waals surface area contributed by atoms with Crippen LogP contribution in [-0.4, -0.2) is 62.7 Å². The van der Waals surface area contributed by atoms with Crippen LogP contribution >= 0.6 is 0 Å². The van der Waals surface area contributed by atoms with Crippen molar-refractivity contribution in [2.24, 2.45) is 0 Å². The summed E-state index contributed by atoms with van der Waals surface area (Å²) in [5, 5.41) is 16.8. The fourth-order valence-electron chi connectivity index (χ4n) is 2.57. The van der Waals surface area contributed by atoms with Crippen molar-refractivity contribution in [2.75, 3.05) is 19.7 Å². The molecule has 1 unspecified atom stereocenters. The molecule has 1 amide bonds. The Bertz CT molecular complexity index is 741. The van der Waals surface area contributed by atoms with Crippen LogP contribution in [0.1, 0.15) is 22.5 Å². The summed E-state index contributed by atoms with van der Waals surface area (Å²) in [4.78, 5) is 24.9. The van der Waals surface area contributed by atoms with E-state index < -0.39 is 12.1 Å². The molecule has 126 valence electrons. The lowest BCUT2D eigenvalue weighted by Gasteiger charge is -2.31. The molecule has 8 nitrogen and oxygen atoms in total. The normalized spacial score (nSPS) is 17.7. The Hall–Kier alpha value is -2.74. The molecule has 1 aliphatic heterocycles. The number of benzene rings is 1. The van der Waals surface area contributed by atoms with Gasteiger partial charge in [-0.2, -0.15) is 0 Å². The van der Waals surface area contributed by atoms with Crippen LogP contribution in [0.5, 0.6) is 0 Å². The van der Waals surface area contributed by atoms with Crippen molar-refractivity contribution >= 4 is 11.9 Å². The number of hydrogen-bond acceptors (Lipinski definition) is 5. The van der Waals surface area contributed by atoms with Gasteiger partial charge in [0.1, 0.15) is 0 Å². The van der Waals surface area contributed by atoms with E-state index in [1.54, 1.807) is 15.8 Å². The van der Waals surface area contributed by atoms with Crippen molar-refractivity contribution in [3.63, 3.8) is 0 Å². The molecular formula is C16H18N4O4. The fourth-order valence-corrected chi connectivity index (χ4v) is 2.57. The van der Waals surface area contributed by atoms with Crippen molar-refractivity contribution < 1.29 is 19.4 Å². The Morgan fingerprint density at radius 1 is 1.33 bits per heavy atom. The fraction of sp³-hybridized carbons (Fsp3) is 0.375. The van der Waals surface area contributed by atoms with E-state index in [1.165, 1.54) is 0 Å². The van der Waals surface area contributed by atoms with Gasteiger partial charge in [0, 0.05) is 13.1 Å². The minimum absolute atomic E-state index is 0.125. The second kappa shape index (κ2) is 6.79. The number of rotatable bonds is 4. The van der Waals surface area contributed by atoms with Crippen LogP contribution in [0.3, 0.4) is 0 Å². The smallest absolute Gasteiger partial charge is 0.306 e. The highest BCUT2D eigenvalue weighted by molar-refractivity contribution is 5.92. The molecule has 1 saturated heterocycles. The highest BCUT2D eigenvalue weighted by Crippen LogP contribution is 2.13. The number of aromatic nitrogens is 3. The van der Waals surface area contributed by atoms with Gasteiger partial charge in [0.05, 0.1) is 31.0 Å². The van der Waals surface area contributed by atoms with Gasteiger partial charge in [-0.25, -0.2) is 4.68 Å². The van der Waals surface area contributed by atoms with Crippen LogP contribution < -0.4 is 0 Å². The van der Waals surface area contributed by atoms with E-state index in [1.807, 2.05) is 31.2 Å². The van der Waals surface area contributed by atoms with Gasteiger partial charge in [0.25, 0.3) is 5.91 Å². The summed E-state index contributed by atoms with van der Waals surface area (Å²) < 4.78 is 6.92. The number of aryl methyl sites for hydroxylation is 1. The number of carbonyl (C=O) groups is 2. The predicted octanol–water partition coefficient (Wildman–Crippen LogP) is 0.891. The highest BCUT2D eigenvalue weighted by Gasteiger charge is 2.28. The number of carboxylic acid groups (broad SMARTS) is 1. The van der Waals surface area contributed by atoms with E-state index in [0.29, 0.717) is 13.2 Å². The lowest BCUT2D eigenvalue weighted by Crippen LogP contribution is -2.46. The molecule has 0 saturated carbocycles. The maximum Gasteiger partial charge on any atom is 0.306 e. The zero-order valence-electron chi connectivity index (χ0n) is 13.3. The second-order valence-electron chi connectivity index (χ2n) is 5.73. The van der Waals surface area contributed by atoms with Crippen LogP contribution in [0.2, 0.25) is 0 Å². The van der Waals surface area contributed by atoms with E-state index in [-0.39, 0.29) is 24.6 Å². The SMILES string of the molecule is Cc1ccc(-n2cc(C(=O)N3CCOC(CC(=O)O)C3)nn2)cc1. The average molecular weight is 330 g/mol. The number of hydrogen-bond donors (Lipinski definition) is 1. The molecule has 0 radical (unpaired) electrons. The molecule has 1 atom stereocenters. The molecule has 1 aromatic carbocycles. The molecular weight excluding hydrogens is 312 g/mol. The maximum atomic E-state index is 12.5. The Kier molecular flexibility index (Phi) is 4.57. The van der Waals surface area contributed by atoms with Gasteiger partial charge < -0.3 is 14.7 Å². The van der Waals surface area contributed by atoms with Gasteiger partial charge in [0.15, 0.2) is 5.69 Å². The molecule has 0 aliphatic carbocycles. The third-order valence-corrected chi connectivity index (χ3v) is 3.84. The third-order valence-electron chi connectivity index (χ3n) is 3.84. The molecule has 1 fully saturated rings. The Labute approximate surface area is 138 Å². The van der Waals surface area contributed by atoms with E-state index in [0.717, 1.165) is 11.3 Å². The number of amides is 1. The second-order valence-corrected chi connectivity index (χ2v) is 5.73. The van der Waals surface area contributed by atoms with Gasteiger partial charge in [0.2, 0.25) is 0 Å². The zero-order chi connectivity index (χ0) is 17.1. The number of carboxylic acids is 1. The third kappa shape index (κ3) is 3.60. The van der Waals surface area contributed by atoms with Gasteiger partial charge in [-0.1, -0.05) is 22.9 Å². The van der Waals surface area contributed by atoms with Crippen LogP contribution in [0, 0.1) is 6.92 Å². The Balaban J connectivity index is 1.71. The number of carbonyl (C=O) groups excluding carboxylic acids is 1. The van der Waals surface area contributed by atoms with E-state index in [2.05, 4.69) is 10.3 Å². The maximum absolute atomic E-state index is 12.5. The van der Waals surface area contributed by atoms with E-state index >= 15 is 0 Å². The Morgan fingerprint density at radius 3 is 2.79 bits per heavy atom. The van der Waals surface area contributed by atoms with E-state index in [4.69, 9.17) is 9.84 Å². The molecule has 1 aromatic heterocycles. The lowest BCUT2D eigenvalue weighted by molar-refractivity contribution is -0.141. The number of ether oxygens (including phenoxy) is 1. The molecule has 2 aromatic rings. The van der Waals surface area contributed by atoms with Crippen molar-refractivity contribution in [2.45, 2.75) is 19.4 Å². The summed E-state index contributed by atoms with van der Waals surface area (Å²) in [6.45, 7) is 2.96. The molecule has 3 rings (SSSR count). The molecule has 2 heterocycles. The first kappa shape index (κ1) is 16.1. The van der Waals surface area contributed by atoms with Gasteiger partial charge in [-0.3, -0.25) is 9.59 Å². The average Bonchev–Trinajstić information content (AvgIpc) is 3.04. The monoisotopic (exact) mass is 330 g/mol. The minimum Gasteiger partial charge on any atom is -0.481 e. The minimum atomic E-state index is -0.945. The molecule has 0 spiro atoms. The summed E-state index contributed by atoms with van der Waals surface area (Å²) in [6, 6.07) is 7.71. The van der Waals surface area contributed by atoms with Gasteiger partial charge in [-0.15, -0.1) is 5.10 Å². The van der Waals surface area contributed by atoms with Crippen LogP contribution in [-0.2, 0) is 9.53 Å². The van der Waals surface area contributed by atoms with Crippen molar-refractivity contribution in [3.8, 4) is 5.69 Å². The van der Waals surface area contributed by atoms with Crippen molar-refractivity contribution in [3.05, 3.63) is 41.7 Å². The quantitative estimate of drug-likeness (QED) is 0.894. The number of nitrogens with zero attached hydrogens (tertiary/aromatic N) is 4. The molecule has 24 heavy (non-hydrogen) atoms. The standard InChI is InChI=1S/C16H18N4O4/c1-11-2-4-12(5-3-11)20-10-14(17-18-20)16(23)19-6-7-24-13(9-19)8-15(21)22/h2-5,10,13H,6-9H2,1H3,(H,21,22). The number of morpholine rings is 1. The van der Waals surface area contributed by atoms with Gasteiger partial charge in [-0.05, 0) is 19.1 Å². The summed E-state index contributed by atoms with van der Waals surface area (Å²) in [5.41, 5.74) is 2.18. The molecule has 0 bridgehead atoms. The number of aliphatic carboxylic acids is 1. The first-order valence-electron chi connectivity index (χ1n) is 7.65. The predicted molar refractivity (Wildman–Crippen MR) is 84.0 cm³/mol. The largest absolute Gasteiger partial charge is 0.481 e.